The van der Waals surface area contributed by atoms with Gasteiger partial charge in [0, 0.05) is 31.9 Å². The molecule has 0 saturated heterocycles. The molecule has 3 aromatic rings. The molecule has 1 amide bonds. The molecule has 174 valence electrons. The third kappa shape index (κ3) is 5.17. The Morgan fingerprint density at radius 1 is 1.21 bits per heavy atom. The number of carbonyl (C=O) groups excluding carboxylic acids is 1. The van der Waals surface area contributed by atoms with Crippen molar-refractivity contribution in [2.45, 2.75) is 13.3 Å². The third-order valence-corrected chi connectivity index (χ3v) is 5.99. The fraction of sp³-hybridized carbons (Fsp3) is 0.360. The van der Waals surface area contributed by atoms with Crippen molar-refractivity contribution in [3.8, 4) is 16.9 Å². The van der Waals surface area contributed by atoms with Gasteiger partial charge < -0.3 is 19.9 Å². The Labute approximate surface area is 193 Å². The van der Waals surface area contributed by atoms with Crippen LogP contribution in [0.1, 0.15) is 11.3 Å². The highest BCUT2D eigenvalue weighted by Gasteiger charge is 2.27. The topological polar surface area (TPSA) is 73.5 Å². The van der Waals surface area contributed by atoms with Crippen molar-refractivity contribution in [1.29, 1.82) is 0 Å². The lowest BCUT2D eigenvalue weighted by molar-refractivity contribution is -0.121. The average molecular weight is 452 g/mol. The Hall–Kier alpha value is -3.39. The van der Waals surface area contributed by atoms with E-state index in [0.29, 0.717) is 12.2 Å². The minimum absolute atomic E-state index is 0.139. The molecular formula is C25H30FN5O2. The van der Waals surface area contributed by atoms with Gasteiger partial charge in [-0.25, -0.2) is 4.39 Å². The summed E-state index contributed by atoms with van der Waals surface area (Å²) in [5.41, 5.74) is 5.34. The van der Waals surface area contributed by atoms with E-state index in [-0.39, 0.29) is 18.3 Å². The normalized spacial score (nSPS) is 15.2. The molecule has 33 heavy (non-hydrogen) atoms. The summed E-state index contributed by atoms with van der Waals surface area (Å²) < 4.78 is 19.4. The number of rotatable bonds is 7. The lowest BCUT2D eigenvalue weighted by Crippen LogP contribution is -2.33. The molecule has 1 atom stereocenters. The first-order valence-corrected chi connectivity index (χ1v) is 11.0. The van der Waals surface area contributed by atoms with E-state index in [2.05, 4.69) is 31.4 Å². The van der Waals surface area contributed by atoms with Crippen molar-refractivity contribution >= 4 is 17.3 Å². The molecule has 4 rings (SSSR count). The molecule has 2 aromatic carbocycles. The number of H-pyrrole nitrogens is 1. The summed E-state index contributed by atoms with van der Waals surface area (Å²) in [6.45, 7) is 3.89. The third-order valence-electron chi connectivity index (χ3n) is 5.99. The minimum Gasteiger partial charge on any atom is -0.492 e. The van der Waals surface area contributed by atoms with Gasteiger partial charge in [-0.1, -0.05) is 6.07 Å². The fourth-order valence-corrected chi connectivity index (χ4v) is 4.01. The predicted molar refractivity (Wildman–Crippen MR) is 128 cm³/mol. The Kier molecular flexibility index (Phi) is 6.65. The molecule has 7 nitrogen and oxygen atoms in total. The molecular weight excluding hydrogens is 421 g/mol. The summed E-state index contributed by atoms with van der Waals surface area (Å²) in [4.78, 5) is 17.4. The van der Waals surface area contributed by atoms with Crippen LogP contribution in [0.5, 0.6) is 5.75 Å². The van der Waals surface area contributed by atoms with Gasteiger partial charge in [0.25, 0.3) is 0 Å². The Morgan fingerprint density at radius 2 is 2.03 bits per heavy atom. The van der Waals surface area contributed by atoms with E-state index in [9.17, 15) is 9.18 Å². The number of aromatic amines is 1. The van der Waals surface area contributed by atoms with Gasteiger partial charge in [-0.05, 0) is 68.9 Å². The molecule has 0 fully saturated rings. The Morgan fingerprint density at radius 3 is 2.76 bits per heavy atom. The molecule has 0 radical (unpaired) electrons. The van der Waals surface area contributed by atoms with E-state index >= 15 is 0 Å². The van der Waals surface area contributed by atoms with Crippen LogP contribution in [0.4, 0.5) is 15.8 Å². The smallest absolute Gasteiger partial charge is 0.231 e. The summed E-state index contributed by atoms with van der Waals surface area (Å²) in [7, 11) is 6.08. The quantitative estimate of drug-likeness (QED) is 0.573. The van der Waals surface area contributed by atoms with Crippen molar-refractivity contribution in [2.75, 3.05) is 51.1 Å². The van der Waals surface area contributed by atoms with Gasteiger partial charge in [0.05, 0.1) is 23.0 Å². The highest BCUT2D eigenvalue weighted by Crippen LogP contribution is 2.34. The molecule has 2 heterocycles. The van der Waals surface area contributed by atoms with Crippen molar-refractivity contribution in [3.05, 3.63) is 59.7 Å². The monoisotopic (exact) mass is 451 g/mol. The number of aryl methyl sites for hydroxylation is 1. The summed E-state index contributed by atoms with van der Waals surface area (Å²) in [5, 5.41) is 10.2. The zero-order valence-corrected chi connectivity index (χ0v) is 19.5. The maximum absolute atomic E-state index is 13.7. The summed E-state index contributed by atoms with van der Waals surface area (Å²) >= 11 is 0. The van der Waals surface area contributed by atoms with Crippen LogP contribution < -0.4 is 15.0 Å². The number of hydrogen-bond donors (Lipinski definition) is 2. The van der Waals surface area contributed by atoms with E-state index in [1.54, 1.807) is 6.07 Å². The maximum Gasteiger partial charge on any atom is 0.231 e. The highest BCUT2D eigenvalue weighted by molar-refractivity contribution is 5.97. The molecule has 1 aliphatic heterocycles. The molecule has 0 aliphatic carbocycles. The summed E-state index contributed by atoms with van der Waals surface area (Å²) in [6.07, 6.45) is 2.32. The Bertz CT molecular complexity index is 1140. The fourth-order valence-electron chi connectivity index (χ4n) is 4.01. The van der Waals surface area contributed by atoms with Crippen LogP contribution in [0.3, 0.4) is 0 Å². The lowest BCUT2D eigenvalue weighted by atomic mass is 9.95. The van der Waals surface area contributed by atoms with E-state index in [1.807, 2.05) is 46.4 Å². The number of ether oxygens (including phenoxy) is 1. The number of benzene rings is 2. The number of likely N-dealkylation sites (N-methyl/N-ethyl adjacent to an activating group) is 2. The second-order valence-electron chi connectivity index (χ2n) is 8.79. The first-order chi connectivity index (χ1) is 15.8. The van der Waals surface area contributed by atoms with Gasteiger partial charge in [-0.15, -0.1) is 0 Å². The Balaban J connectivity index is 1.58. The average Bonchev–Trinajstić information content (AvgIpc) is 3.22. The van der Waals surface area contributed by atoms with Crippen molar-refractivity contribution in [3.63, 3.8) is 0 Å². The second kappa shape index (κ2) is 9.62. The van der Waals surface area contributed by atoms with Crippen molar-refractivity contribution in [1.82, 2.24) is 15.1 Å². The van der Waals surface area contributed by atoms with Crippen LogP contribution in [-0.2, 0) is 11.2 Å². The number of hydrogen-bond acceptors (Lipinski definition) is 5. The standard InChI is InChI=1S/C25H30FN5O2/c1-16-21(14-27-29-16)17-5-7-22(23(13-17)31(4)10-9-30(2)3)28-25(32)19-11-18-12-20(26)6-8-24(18)33-15-19/h5-8,12-14,19H,9-11,15H2,1-4H3,(H,27,29)(H,28,32). The van der Waals surface area contributed by atoms with Crippen LogP contribution in [0.25, 0.3) is 11.1 Å². The number of fused-ring (bicyclic) bond motifs is 1. The van der Waals surface area contributed by atoms with Gasteiger partial charge in [0.2, 0.25) is 5.91 Å². The zero-order valence-electron chi connectivity index (χ0n) is 19.5. The SMILES string of the molecule is Cc1n[nH]cc1-c1ccc(NC(=O)C2COc3ccc(F)cc3C2)c(N(C)CCN(C)C)c1. The molecule has 0 bridgehead atoms. The van der Waals surface area contributed by atoms with Crippen LogP contribution in [0.2, 0.25) is 0 Å². The van der Waals surface area contributed by atoms with Crippen molar-refractivity contribution < 1.29 is 13.9 Å². The molecule has 0 saturated carbocycles. The maximum atomic E-state index is 13.7. The molecule has 1 aliphatic rings. The van der Waals surface area contributed by atoms with Crippen LogP contribution in [-0.4, -0.2) is 61.8 Å². The van der Waals surface area contributed by atoms with Gasteiger partial charge in [-0.3, -0.25) is 9.89 Å². The zero-order chi connectivity index (χ0) is 23.5. The van der Waals surface area contributed by atoms with Crippen LogP contribution in [0.15, 0.2) is 42.6 Å². The van der Waals surface area contributed by atoms with Crippen LogP contribution >= 0.6 is 0 Å². The van der Waals surface area contributed by atoms with Gasteiger partial charge >= 0.3 is 0 Å². The number of nitrogens with zero attached hydrogens (tertiary/aromatic N) is 3. The van der Waals surface area contributed by atoms with Gasteiger partial charge in [0.1, 0.15) is 18.2 Å². The number of aromatic nitrogens is 2. The highest BCUT2D eigenvalue weighted by atomic mass is 19.1. The minimum atomic E-state index is -0.393. The lowest BCUT2D eigenvalue weighted by Gasteiger charge is -2.27. The molecule has 8 heteroatoms. The van der Waals surface area contributed by atoms with Crippen LogP contribution in [0, 0.1) is 18.7 Å². The second-order valence-corrected chi connectivity index (χ2v) is 8.79. The number of nitrogens with one attached hydrogen (secondary N) is 2. The largest absolute Gasteiger partial charge is 0.492 e. The van der Waals surface area contributed by atoms with Gasteiger partial charge in [-0.2, -0.15) is 5.10 Å². The van der Waals surface area contributed by atoms with E-state index in [4.69, 9.17) is 4.74 Å². The number of carbonyl (C=O) groups is 1. The molecule has 2 N–H and O–H groups in total. The van der Waals surface area contributed by atoms with Crippen molar-refractivity contribution in [2.24, 2.45) is 5.92 Å². The molecule has 1 aromatic heterocycles. The molecule has 1 unspecified atom stereocenters. The number of amides is 1. The van der Waals surface area contributed by atoms with E-state index in [1.165, 1.54) is 12.1 Å². The molecule has 0 spiro atoms. The number of halogens is 1. The predicted octanol–water partition coefficient (Wildman–Crippen LogP) is 3.71. The summed E-state index contributed by atoms with van der Waals surface area (Å²) in [6, 6.07) is 10.4. The first kappa shape index (κ1) is 22.8. The summed E-state index contributed by atoms with van der Waals surface area (Å²) in [5.74, 6) is -0.216. The van der Waals surface area contributed by atoms with E-state index in [0.717, 1.165) is 46.8 Å². The first-order valence-electron chi connectivity index (χ1n) is 11.0. The van der Waals surface area contributed by atoms with Gasteiger partial charge in [0.15, 0.2) is 0 Å². The number of anilines is 2. The van der Waals surface area contributed by atoms with E-state index < -0.39 is 5.92 Å².